The number of thioether (sulfide) groups is 1. The van der Waals surface area contributed by atoms with Gasteiger partial charge in [-0.15, -0.1) is 11.8 Å². The van der Waals surface area contributed by atoms with Crippen LogP contribution in [0, 0.1) is 5.92 Å². The van der Waals surface area contributed by atoms with Crippen LogP contribution in [0.4, 0.5) is 11.4 Å². The number of amides is 2. The third-order valence-corrected chi connectivity index (χ3v) is 4.08. The molecule has 0 atom stereocenters. The zero-order chi connectivity index (χ0) is 17.4. The molecule has 2 N–H and O–H groups in total. The molecule has 5 nitrogen and oxygen atoms in total. The number of aromatic nitrogens is 1. The number of nitrogens with zero attached hydrogens (tertiary/aromatic N) is 1. The Morgan fingerprint density at radius 3 is 2.04 bits per heavy atom. The Hall–Kier alpha value is -2.34. The van der Waals surface area contributed by atoms with Crippen LogP contribution in [-0.4, -0.2) is 22.6 Å². The zero-order valence-electron chi connectivity index (χ0n) is 13.8. The second-order valence-corrected chi connectivity index (χ2v) is 6.79. The molecule has 0 aliphatic rings. The highest BCUT2D eigenvalue weighted by Gasteiger charge is 2.06. The Balaban J connectivity index is 1.80. The van der Waals surface area contributed by atoms with Crippen molar-refractivity contribution < 1.29 is 9.59 Å². The number of carbonyl (C=O) groups is 2. The molecular weight excluding hydrogens is 322 g/mol. The van der Waals surface area contributed by atoms with E-state index in [9.17, 15) is 9.59 Å². The predicted molar refractivity (Wildman–Crippen MR) is 98.1 cm³/mol. The average molecular weight is 343 g/mol. The normalized spacial score (nSPS) is 10.5. The second kappa shape index (κ2) is 9.08. The first-order valence-corrected chi connectivity index (χ1v) is 8.74. The van der Waals surface area contributed by atoms with E-state index in [0.29, 0.717) is 23.8 Å². The van der Waals surface area contributed by atoms with Crippen molar-refractivity contribution in [2.45, 2.75) is 25.2 Å². The Bertz CT molecular complexity index is 672. The maximum absolute atomic E-state index is 12.0. The number of nitrogens with one attached hydrogen (secondary N) is 2. The first kappa shape index (κ1) is 18.0. The molecule has 2 amide bonds. The van der Waals surface area contributed by atoms with E-state index in [4.69, 9.17) is 0 Å². The minimum absolute atomic E-state index is 0.00413. The van der Waals surface area contributed by atoms with Gasteiger partial charge < -0.3 is 10.6 Å². The van der Waals surface area contributed by atoms with Crippen molar-refractivity contribution in [1.82, 2.24) is 4.98 Å². The number of benzene rings is 1. The van der Waals surface area contributed by atoms with E-state index in [0.717, 1.165) is 10.6 Å². The van der Waals surface area contributed by atoms with Crippen molar-refractivity contribution in [3.63, 3.8) is 0 Å². The van der Waals surface area contributed by atoms with Crippen molar-refractivity contribution in [2.75, 3.05) is 16.4 Å². The van der Waals surface area contributed by atoms with Gasteiger partial charge in [-0.25, -0.2) is 0 Å². The van der Waals surface area contributed by atoms with Crippen LogP contribution < -0.4 is 10.6 Å². The minimum atomic E-state index is -0.0756. The van der Waals surface area contributed by atoms with Crippen LogP contribution in [0.5, 0.6) is 0 Å². The Morgan fingerprint density at radius 1 is 0.958 bits per heavy atom. The molecule has 2 rings (SSSR count). The van der Waals surface area contributed by atoms with E-state index in [1.807, 2.05) is 26.0 Å². The van der Waals surface area contributed by atoms with Crippen LogP contribution in [-0.2, 0) is 9.59 Å². The van der Waals surface area contributed by atoms with Gasteiger partial charge in [0.15, 0.2) is 0 Å². The number of pyridine rings is 1. The van der Waals surface area contributed by atoms with Gasteiger partial charge in [0.1, 0.15) is 0 Å². The monoisotopic (exact) mass is 343 g/mol. The molecule has 0 spiro atoms. The van der Waals surface area contributed by atoms with E-state index in [-0.39, 0.29) is 11.8 Å². The third kappa shape index (κ3) is 6.42. The van der Waals surface area contributed by atoms with E-state index in [2.05, 4.69) is 15.6 Å². The summed E-state index contributed by atoms with van der Waals surface area (Å²) in [5.41, 5.74) is 1.43. The molecule has 24 heavy (non-hydrogen) atoms. The Labute approximate surface area is 146 Å². The van der Waals surface area contributed by atoms with Crippen LogP contribution >= 0.6 is 11.8 Å². The standard InChI is InChI=1S/C18H21N3O2S/c1-13(2)11-17(22)20-14-3-5-15(6-4-14)21-18(23)12-24-16-7-9-19-10-8-16/h3-10,13H,11-12H2,1-2H3,(H,20,22)(H,21,23). The lowest BCUT2D eigenvalue weighted by Gasteiger charge is -2.09. The van der Waals surface area contributed by atoms with Gasteiger partial charge in [-0.1, -0.05) is 13.8 Å². The van der Waals surface area contributed by atoms with Crippen molar-refractivity contribution in [3.05, 3.63) is 48.8 Å². The molecular formula is C18H21N3O2S. The minimum Gasteiger partial charge on any atom is -0.326 e. The summed E-state index contributed by atoms with van der Waals surface area (Å²) in [6.07, 6.45) is 3.89. The Morgan fingerprint density at radius 2 is 1.50 bits per heavy atom. The lowest BCUT2D eigenvalue weighted by Crippen LogP contribution is -2.15. The van der Waals surface area contributed by atoms with Crippen LogP contribution in [0.2, 0.25) is 0 Å². The predicted octanol–water partition coefficient (Wildman–Crippen LogP) is 3.80. The zero-order valence-corrected chi connectivity index (χ0v) is 14.6. The summed E-state index contributed by atoms with van der Waals surface area (Å²) < 4.78 is 0. The van der Waals surface area contributed by atoms with Gasteiger partial charge in [-0.05, 0) is 42.3 Å². The summed E-state index contributed by atoms with van der Waals surface area (Å²) in [7, 11) is 0. The summed E-state index contributed by atoms with van der Waals surface area (Å²) >= 11 is 1.46. The third-order valence-electron chi connectivity index (χ3n) is 3.07. The summed E-state index contributed by atoms with van der Waals surface area (Å²) in [4.78, 5) is 28.6. The maximum Gasteiger partial charge on any atom is 0.234 e. The first-order valence-electron chi connectivity index (χ1n) is 7.75. The van der Waals surface area contributed by atoms with E-state index >= 15 is 0 Å². The summed E-state index contributed by atoms with van der Waals surface area (Å²) in [6, 6.07) is 10.9. The summed E-state index contributed by atoms with van der Waals surface area (Å²) in [5.74, 6) is 0.571. The van der Waals surface area contributed by atoms with Crippen molar-refractivity contribution in [1.29, 1.82) is 0 Å². The summed E-state index contributed by atoms with van der Waals surface area (Å²) in [6.45, 7) is 4.00. The van der Waals surface area contributed by atoms with Gasteiger partial charge in [0, 0.05) is 35.1 Å². The highest BCUT2D eigenvalue weighted by Crippen LogP contribution is 2.18. The number of anilines is 2. The highest BCUT2D eigenvalue weighted by molar-refractivity contribution is 8.00. The van der Waals surface area contributed by atoms with Crippen LogP contribution in [0.25, 0.3) is 0 Å². The molecule has 0 saturated heterocycles. The fraction of sp³-hybridized carbons (Fsp3) is 0.278. The van der Waals surface area contributed by atoms with Crippen molar-refractivity contribution in [3.8, 4) is 0 Å². The van der Waals surface area contributed by atoms with Gasteiger partial charge in [0.05, 0.1) is 5.75 Å². The van der Waals surface area contributed by atoms with Gasteiger partial charge in [0.25, 0.3) is 0 Å². The van der Waals surface area contributed by atoms with Crippen LogP contribution in [0.15, 0.2) is 53.7 Å². The van der Waals surface area contributed by atoms with Crippen molar-refractivity contribution in [2.24, 2.45) is 5.92 Å². The summed E-state index contributed by atoms with van der Waals surface area (Å²) in [5, 5.41) is 5.68. The fourth-order valence-electron chi connectivity index (χ4n) is 2.00. The largest absolute Gasteiger partial charge is 0.326 e. The average Bonchev–Trinajstić information content (AvgIpc) is 2.55. The molecule has 0 fully saturated rings. The highest BCUT2D eigenvalue weighted by atomic mass is 32.2. The van der Waals surface area contributed by atoms with Gasteiger partial charge in [-0.2, -0.15) is 0 Å². The molecule has 1 aromatic heterocycles. The molecule has 0 aliphatic heterocycles. The fourth-order valence-corrected chi connectivity index (χ4v) is 2.68. The van der Waals surface area contributed by atoms with Crippen LogP contribution in [0.1, 0.15) is 20.3 Å². The van der Waals surface area contributed by atoms with Crippen LogP contribution in [0.3, 0.4) is 0 Å². The number of hydrogen-bond donors (Lipinski definition) is 2. The van der Waals surface area contributed by atoms with E-state index in [1.54, 1.807) is 36.7 Å². The molecule has 2 aromatic rings. The van der Waals surface area contributed by atoms with Crippen molar-refractivity contribution >= 4 is 35.0 Å². The molecule has 1 heterocycles. The first-order chi connectivity index (χ1) is 11.5. The van der Waals surface area contributed by atoms with Gasteiger partial charge in [0.2, 0.25) is 11.8 Å². The van der Waals surface area contributed by atoms with Gasteiger partial charge in [-0.3, -0.25) is 14.6 Å². The lowest BCUT2D eigenvalue weighted by atomic mass is 10.1. The number of rotatable bonds is 7. The van der Waals surface area contributed by atoms with Gasteiger partial charge >= 0.3 is 0 Å². The molecule has 0 radical (unpaired) electrons. The quantitative estimate of drug-likeness (QED) is 0.750. The lowest BCUT2D eigenvalue weighted by molar-refractivity contribution is -0.117. The molecule has 0 saturated carbocycles. The van der Waals surface area contributed by atoms with E-state index < -0.39 is 0 Å². The second-order valence-electron chi connectivity index (χ2n) is 5.74. The SMILES string of the molecule is CC(C)CC(=O)Nc1ccc(NC(=O)CSc2ccncc2)cc1. The number of carbonyl (C=O) groups excluding carboxylic acids is 2. The maximum atomic E-state index is 12.0. The molecule has 126 valence electrons. The molecule has 1 aromatic carbocycles. The Kier molecular flexibility index (Phi) is 6.81. The topological polar surface area (TPSA) is 71.1 Å². The van der Waals surface area contributed by atoms with E-state index in [1.165, 1.54) is 11.8 Å². The molecule has 0 bridgehead atoms. The smallest absolute Gasteiger partial charge is 0.234 e. The molecule has 0 aliphatic carbocycles. The number of hydrogen-bond acceptors (Lipinski definition) is 4. The molecule has 0 unspecified atom stereocenters. The molecule has 6 heteroatoms.